The minimum atomic E-state index is -1.48. The van der Waals surface area contributed by atoms with E-state index in [0.717, 1.165) is 0 Å². The number of carbonyl (C=O) groups is 1. The summed E-state index contributed by atoms with van der Waals surface area (Å²) < 4.78 is 117. The van der Waals surface area contributed by atoms with Crippen molar-refractivity contribution >= 4 is 5.97 Å². The Morgan fingerprint density at radius 3 is 0.860 bits per heavy atom. The zero-order valence-electron chi connectivity index (χ0n) is 28.5. The third-order valence-corrected chi connectivity index (χ3v) is 6.00. The Bertz CT molecular complexity index is 924. The summed E-state index contributed by atoms with van der Waals surface area (Å²) in [6.07, 6.45) is -0.0172. The summed E-state index contributed by atoms with van der Waals surface area (Å²) in [5, 5.41) is 8.48. The largest absolute Gasteiger partial charge is 0.481 e. The molecule has 0 saturated carbocycles. The molecule has 0 saturated heterocycles. The molecule has 0 aliphatic carbocycles. The second kappa shape index (κ2) is 34.0. The van der Waals surface area contributed by atoms with Crippen LogP contribution in [-0.2, 0) is 68.2 Å². The molecular formula is C32H52F4O14. The molecule has 0 aliphatic heterocycles. The summed E-state index contributed by atoms with van der Waals surface area (Å²) in [4.78, 5) is 10.3. The molecule has 0 spiro atoms. The molecule has 0 aliphatic rings. The lowest BCUT2D eigenvalue weighted by molar-refractivity contribution is -0.138. The van der Waals surface area contributed by atoms with E-state index in [9.17, 15) is 22.4 Å². The Labute approximate surface area is 290 Å². The number of rotatable bonds is 38. The van der Waals surface area contributed by atoms with Crippen LogP contribution in [-0.4, -0.2) is 163 Å². The number of hydrogen-bond acceptors (Lipinski definition) is 13. The van der Waals surface area contributed by atoms with Gasteiger partial charge in [0.05, 0.1) is 171 Å². The molecule has 0 fully saturated rings. The van der Waals surface area contributed by atoms with Gasteiger partial charge in [-0.05, 0) is 0 Å². The van der Waals surface area contributed by atoms with Crippen molar-refractivity contribution in [1.29, 1.82) is 0 Å². The lowest BCUT2D eigenvalue weighted by Gasteiger charge is -2.09. The lowest BCUT2D eigenvalue weighted by atomic mass is 10.2. The van der Waals surface area contributed by atoms with E-state index in [1.54, 1.807) is 0 Å². The van der Waals surface area contributed by atoms with Crippen molar-refractivity contribution in [1.82, 2.24) is 0 Å². The maximum Gasteiger partial charge on any atom is 0.305 e. The number of halogens is 4. The first-order valence-corrected chi connectivity index (χ1v) is 16.4. The summed E-state index contributed by atoms with van der Waals surface area (Å²) in [6.45, 7) is 7.82. The quantitative estimate of drug-likeness (QED) is 0.0602. The number of aliphatic carboxylic acids is 1. The average molecular weight is 737 g/mol. The van der Waals surface area contributed by atoms with Crippen molar-refractivity contribution in [3.05, 3.63) is 34.9 Å². The number of carboxylic acid groups (broad SMARTS) is 1. The molecule has 1 rings (SSSR count). The third-order valence-electron chi connectivity index (χ3n) is 6.00. The molecule has 0 heterocycles. The van der Waals surface area contributed by atoms with E-state index in [-0.39, 0.29) is 38.9 Å². The van der Waals surface area contributed by atoms with Crippen LogP contribution in [0.4, 0.5) is 17.6 Å². The second-order valence-electron chi connectivity index (χ2n) is 9.88. The molecule has 0 bridgehead atoms. The van der Waals surface area contributed by atoms with Crippen molar-refractivity contribution in [2.24, 2.45) is 0 Å². The first kappa shape index (κ1) is 46.0. The van der Waals surface area contributed by atoms with Gasteiger partial charge < -0.3 is 61.9 Å². The Morgan fingerprint density at radius 1 is 0.400 bits per heavy atom. The van der Waals surface area contributed by atoms with Crippen molar-refractivity contribution in [2.75, 3.05) is 152 Å². The molecule has 292 valence electrons. The van der Waals surface area contributed by atoms with E-state index >= 15 is 0 Å². The van der Waals surface area contributed by atoms with Crippen LogP contribution in [0.5, 0.6) is 0 Å². The summed E-state index contributed by atoms with van der Waals surface area (Å²) in [5.74, 6) is -6.80. The minimum absolute atomic E-state index is 0.0172. The molecule has 1 N–H and O–H groups in total. The predicted octanol–water partition coefficient (Wildman–Crippen LogP) is 2.42. The fraction of sp³-hybridized carbons (Fsp3) is 0.781. The van der Waals surface area contributed by atoms with Crippen LogP contribution in [0.1, 0.15) is 12.0 Å². The maximum absolute atomic E-state index is 13.5. The maximum atomic E-state index is 13.5. The standard InChI is InChI=1S/C32H52F4O14/c33-28-25-29(34)32(36)27(31(28)35)26-50-24-23-49-22-21-48-20-19-47-18-17-46-16-15-45-14-13-44-12-11-43-10-9-42-8-7-41-6-5-40-4-3-39-2-1-30(37)38/h25H,1-24,26H2,(H,37,38). The van der Waals surface area contributed by atoms with Crippen LogP contribution < -0.4 is 0 Å². The van der Waals surface area contributed by atoms with Gasteiger partial charge in [0.2, 0.25) is 0 Å². The highest BCUT2D eigenvalue weighted by Crippen LogP contribution is 2.19. The third kappa shape index (κ3) is 27.6. The molecule has 18 heteroatoms. The highest BCUT2D eigenvalue weighted by molar-refractivity contribution is 5.66. The first-order valence-electron chi connectivity index (χ1n) is 16.4. The normalized spacial score (nSPS) is 11.5. The summed E-state index contributed by atoms with van der Waals surface area (Å²) in [7, 11) is 0. The van der Waals surface area contributed by atoms with Crippen LogP contribution in [0.15, 0.2) is 6.07 Å². The van der Waals surface area contributed by atoms with Gasteiger partial charge in [-0.1, -0.05) is 0 Å². The van der Waals surface area contributed by atoms with E-state index < -0.39 is 41.4 Å². The van der Waals surface area contributed by atoms with Gasteiger partial charge in [0, 0.05) is 6.07 Å². The van der Waals surface area contributed by atoms with E-state index in [2.05, 4.69) is 0 Å². The van der Waals surface area contributed by atoms with E-state index in [0.29, 0.717) is 126 Å². The van der Waals surface area contributed by atoms with E-state index in [1.807, 2.05) is 0 Å². The van der Waals surface area contributed by atoms with Gasteiger partial charge in [0.25, 0.3) is 0 Å². The summed E-state index contributed by atoms with van der Waals surface area (Å²) in [6, 6.07) is 0.145. The van der Waals surface area contributed by atoms with Gasteiger partial charge in [-0.2, -0.15) is 0 Å². The van der Waals surface area contributed by atoms with Crippen molar-refractivity contribution in [3.8, 4) is 0 Å². The minimum Gasteiger partial charge on any atom is -0.481 e. The highest BCUT2D eigenvalue weighted by Gasteiger charge is 2.18. The molecule has 0 atom stereocenters. The Morgan fingerprint density at radius 2 is 0.620 bits per heavy atom. The average Bonchev–Trinajstić information content (AvgIpc) is 3.10. The summed E-state index contributed by atoms with van der Waals surface area (Å²) >= 11 is 0. The van der Waals surface area contributed by atoms with Crippen LogP contribution in [0.2, 0.25) is 0 Å². The fourth-order valence-electron chi connectivity index (χ4n) is 3.50. The molecular weight excluding hydrogens is 684 g/mol. The number of ether oxygens (including phenoxy) is 12. The van der Waals surface area contributed by atoms with Gasteiger partial charge in [0.15, 0.2) is 23.3 Å². The van der Waals surface area contributed by atoms with E-state index in [4.69, 9.17) is 61.9 Å². The Kier molecular flexibility index (Phi) is 31.3. The highest BCUT2D eigenvalue weighted by atomic mass is 19.2. The van der Waals surface area contributed by atoms with Gasteiger partial charge in [-0.15, -0.1) is 0 Å². The predicted molar refractivity (Wildman–Crippen MR) is 167 cm³/mol. The Hall–Kier alpha value is -2.07. The van der Waals surface area contributed by atoms with Gasteiger partial charge in [0.1, 0.15) is 0 Å². The molecule has 0 amide bonds. The topological polar surface area (TPSA) is 148 Å². The van der Waals surface area contributed by atoms with Crippen molar-refractivity contribution in [2.45, 2.75) is 13.0 Å². The fourth-order valence-corrected chi connectivity index (χ4v) is 3.50. The zero-order chi connectivity index (χ0) is 36.3. The van der Waals surface area contributed by atoms with Crippen molar-refractivity contribution < 1.29 is 84.3 Å². The molecule has 50 heavy (non-hydrogen) atoms. The second-order valence-corrected chi connectivity index (χ2v) is 9.88. The zero-order valence-corrected chi connectivity index (χ0v) is 28.5. The van der Waals surface area contributed by atoms with Gasteiger partial charge in [-0.3, -0.25) is 4.79 Å². The lowest BCUT2D eigenvalue weighted by Crippen LogP contribution is -2.15. The Balaban J connectivity index is 1.68. The number of hydrogen-bond donors (Lipinski definition) is 1. The van der Waals surface area contributed by atoms with Crippen LogP contribution >= 0.6 is 0 Å². The van der Waals surface area contributed by atoms with Gasteiger partial charge in [-0.25, -0.2) is 17.6 Å². The molecule has 0 radical (unpaired) electrons. The first-order chi connectivity index (χ1) is 24.4. The molecule has 1 aromatic rings. The molecule has 1 aromatic carbocycles. The van der Waals surface area contributed by atoms with E-state index in [1.165, 1.54) is 0 Å². The van der Waals surface area contributed by atoms with Crippen LogP contribution in [0.25, 0.3) is 0 Å². The number of benzene rings is 1. The number of carboxylic acids is 1. The smallest absolute Gasteiger partial charge is 0.305 e. The molecule has 0 unspecified atom stereocenters. The SMILES string of the molecule is O=C(O)CCOCCOCCOCCOCCOCCOCCOCCOCCOCCOCCOCCOCc1c(F)c(F)cc(F)c1F. The monoisotopic (exact) mass is 736 g/mol. The van der Waals surface area contributed by atoms with Crippen LogP contribution in [0.3, 0.4) is 0 Å². The van der Waals surface area contributed by atoms with Crippen molar-refractivity contribution in [3.63, 3.8) is 0 Å². The van der Waals surface area contributed by atoms with Gasteiger partial charge >= 0.3 is 5.97 Å². The summed E-state index contributed by atoms with van der Waals surface area (Å²) in [5.41, 5.74) is -0.804. The molecule has 14 nitrogen and oxygen atoms in total. The van der Waals surface area contributed by atoms with Crippen LogP contribution in [0, 0.1) is 23.3 Å². The molecule has 0 aromatic heterocycles.